The highest BCUT2D eigenvalue weighted by Gasteiger charge is 2.15. The van der Waals surface area contributed by atoms with Crippen molar-refractivity contribution in [3.63, 3.8) is 0 Å². The largest absolute Gasteiger partial charge is 0.578 e. The second kappa shape index (κ2) is 7.84. The molecular formula is C22H18FN2O3+. The number of amidine groups is 1. The quantitative estimate of drug-likeness (QED) is 0.408. The van der Waals surface area contributed by atoms with E-state index in [1.807, 2.05) is 49.4 Å². The molecule has 4 N–H and O–H groups in total. The number of carboxylic acids is 1. The third kappa shape index (κ3) is 3.96. The van der Waals surface area contributed by atoms with E-state index in [4.69, 9.17) is 15.6 Å². The van der Waals surface area contributed by atoms with Crippen LogP contribution in [0.4, 0.5) is 4.39 Å². The van der Waals surface area contributed by atoms with Crippen molar-refractivity contribution in [2.45, 2.75) is 6.92 Å². The lowest BCUT2D eigenvalue weighted by Crippen LogP contribution is -2.07. The summed E-state index contributed by atoms with van der Waals surface area (Å²) in [5.41, 5.74) is 3.23. The Kier molecular flexibility index (Phi) is 5.31. The Morgan fingerprint density at radius 2 is 1.71 bits per heavy atom. The fourth-order valence-corrected chi connectivity index (χ4v) is 2.83. The van der Waals surface area contributed by atoms with Gasteiger partial charge in [-0.3, -0.25) is 5.41 Å². The maximum absolute atomic E-state index is 13.8. The van der Waals surface area contributed by atoms with Crippen LogP contribution in [-0.4, -0.2) is 27.9 Å². The average molecular weight is 377 g/mol. The van der Waals surface area contributed by atoms with Gasteiger partial charge < -0.3 is 10.2 Å². The number of nitrogens with zero attached hydrogens (tertiary/aromatic N) is 1. The van der Waals surface area contributed by atoms with E-state index in [0.717, 1.165) is 28.8 Å². The molecule has 5 nitrogen and oxygen atoms in total. The number of aromatic carboxylic acids is 1. The van der Waals surface area contributed by atoms with Crippen molar-refractivity contribution in [1.29, 1.82) is 5.41 Å². The van der Waals surface area contributed by atoms with E-state index in [2.05, 4.69) is 4.99 Å². The van der Waals surface area contributed by atoms with Gasteiger partial charge in [-0.15, -0.1) is 4.99 Å². The Morgan fingerprint density at radius 1 is 1.04 bits per heavy atom. The van der Waals surface area contributed by atoms with Crippen LogP contribution in [0, 0.1) is 18.2 Å². The van der Waals surface area contributed by atoms with Crippen LogP contribution in [0.3, 0.4) is 0 Å². The van der Waals surface area contributed by atoms with Gasteiger partial charge in [0.1, 0.15) is 5.82 Å². The summed E-state index contributed by atoms with van der Waals surface area (Å²) in [5.74, 6) is -2.77. The van der Waals surface area contributed by atoms with Crippen LogP contribution in [-0.2, 0) is 0 Å². The molecule has 0 atom stereocenters. The van der Waals surface area contributed by atoms with Crippen LogP contribution >= 0.6 is 0 Å². The number of hydrogen-bond donors (Lipinski definition) is 2. The van der Waals surface area contributed by atoms with Crippen LogP contribution in [0.25, 0.3) is 11.1 Å². The second-order valence-electron chi connectivity index (χ2n) is 6.20. The van der Waals surface area contributed by atoms with Gasteiger partial charge in [-0.1, -0.05) is 42.5 Å². The number of halogens is 1. The molecule has 28 heavy (non-hydrogen) atoms. The van der Waals surface area contributed by atoms with Gasteiger partial charge in [0.15, 0.2) is 5.84 Å². The average Bonchev–Trinajstić information content (AvgIpc) is 2.68. The zero-order valence-corrected chi connectivity index (χ0v) is 15.0. The number of carboxylic acid groups (broad SMARTS) is 1. The highest BCUT2D eigenvalue weighted by molar-refractivity contribution is 6.08. The molecule has 0 amide bonds. The lowest BCUT2D eigenvalue weighted by molar-refractivity contribution is 0.0692. The summed E-state index contributed by atoms with van der Waals surface area (Å²) in [6.45, 7) is 1.93. The number of hydrogen-bond acceptors (Lipinski definition) is 2. The van der Waals surface area contributed by atoms with Crippen molar-refractivity contribution < 1.29 is 19.4 Å². The summed E-state index contributed by atoms with van der Waals surface area (Å²) in [7, 11) is 0. The molecule has 0 aliphatic heterocycles. The van der Waals surface area contributed by atoms with Crippen molar-refractivity contribution in [2.75, 3.05) is 0 Å². The normalized spacial score (nSPS) is 11.3. The predicted molar refractivity (Wildman–Crippen MR) is 107 cm³/mol. The van der Waals surface area contributed by atoms with E-state index in [-0.39, 0.29) is 17.3 Å². The Bertz CT molecular complexity index is 1090. The third-order valence-electron chi connectivity index (χ3n) is 4.28. The third-order valence-corrected chi connectivity index (χ3v) is 4.28. The first kappa shape index (κ1) is 19.0. The lowest BCUT2D eigenvalue weighted by Gasteiger charge is -2.07. The Hall–Kier alpha value is -3.80. The monoisotopic (exact) mass is 377 g/mol. The minimum atomic E-state index is -1.38. The second-order valence-corrected chi connectivity index (χ2v) is 6.20. The highest BCUT2D eigenvalue weighted by Crippen LogP contribution is 2.24. The zero-order valence-electron chi connectivity index (χ0n) is 15.0. The van der Waals surface area contributed by atoms with Gasteiger partial charge in [0.2, 0.25) is 0 Å². The van der Waals surface area contributed by atoms with Crippen LogP contribution < -0.4 is 0 Å². The molecule has 0 aromatic heterocycles. The SMILES string of the molecule is Cc1cc(C([OH2+])=NC(=N)c2ccc(C(=O)O)c(F)c2)ccc1-c1ccccc1. The van der Waals surface area contributed by atoms with Gasteiger partial charge in [-0.25, -0.2) is 9.18 Å². The fraction of sp³-hybridized carbons (Fsp3) is 0.0455. The molecule has 0 heterocycles. The molecule has 3 aromatic carbocycles. The molecule has 140 valence electrons. The first-order valence-electron chi connectivity index (χ1n) is 8.45. The molecule has 0 radical (unpaired) electrons. The van der Waals surface area contributed by atoms with E-state index in [1.54, 1.807) is 6.07 Å². The Balaban J connectivity index is 1.87. The summed E-state index contributed by atoms with van der Waals surface area (Å²) in [4.78, 5) is 14.8. The minimum absolute atomic E-state index is 0.102. The van der Waals surface area contributed by atoms with Gasteiger partial charge >= 0.3 is 11.9 Å². The van der Waals surface area contributed by atoms with E-state index in [9.17, 15) is 9.18 Å². The number of nitrogens with one attached hydrogen (secondary N) is 1. The summed E-state index contributed by atoms with van der Waals surface area (Å²) in [6, 6.07) is 18.6. The number of rotatable bonds is 4. The number of aryl methyl sites for hydroxylation is 1. The van der Waals surface area contributed by atoms with Gasteiger partial charge in [0, 0.05) is 5.56 Å². The summed E-state index contributed by atoms with van der Waals surface area (Å²) >= 11 is 0. The molecule has 0 aliphatic rings. The van der Waals surface area contributed by atoms with E-state index in [0.29, 0.717) is 5.56 Å². The van der Waals surface area contributed by atoms with Crippen LogP contribution in [0.1, 0.15) is 27.0 Å². The summed E-state index contributed by atoms with van der Waals surface area (Å²) < 4.78 is 13.8. The van der Waals surface area contributed by atoms with Crippen molar-refractivity contribution in [3.8, 4) is 11.1 Å². The van der Waals surface area contributed by atoms with E-state index < -0.39 is 17.3 Å². The minimum Gasteiger partial charge on any atom is -0.578 e. The maximum atomic E-state index is 13.8. The van der Waals surface area contributed by atoms with Crippen LogP contribution in [0.2, 0.25) is 0 Å². The molecule has 0 saturated carbocycles. The molecule has 6 heteroatoms. The Morgan fingerprint density at radius 3 is 2.32 bits per heavy atom. The molecule has 3 rings (SSSR count). The smallest absolute Gasteiger partial charge is 0.366 e. The summed E-state index contributed by atoms with van der Waals surface area (Å²) in [6.07, 6.45) is 0. The van der Waals surface area contributed by atoms with Gasteiger partial charge in [0.05, 0.1) is 11.1 Å². The van der Waals surface area contributed by atoms with Crippen LogP contribution in [0.5, 0.6) is 0 Å². The Labute approximate surface area is 161 Å². The molecule has 0 bridgehead atoms. The van der Waals surface area contributed by atoms with Gasteiger partial charge in [-0.2, -0.15) is 0 Å². The standard InChI is InChI=1S/C22H17FN2O3/c1-13-11-16(8-9-17(13)14-5-3-2-4-6-14)21(26)25-20(24)15-7-10-18(22(27)28)19(23)12-15/h2-12H,1H3,(H,27,28)(H2,24,25,26)/p+1. The molecule has 0 fully saturated rings. The van der Waals surface area contributed by atoms with Crippen molar-refractivity contribution in [2.24, 2.45) is 4.99 Å². The molecule has 3 aromatic rings. The molecule has 0 saturated heterocycles. The lowest BCUT2D eigenvalue weighted by atomic mass is 9.98. The molecular weight excluding hydrogens is 359 g/mol. The highest BCUT2D eigenvalue weighted by atomic mass is 19.1. The first-order valence-corrected chi connectivity index (χ1v) is 8.45. The zero-order chi connectivity index (χ0) is 20.3. The predicted octanol–water partition coefficient (Wildman–Crippen LogP) is 4.00. The maximum Gasteiger partial charge on any atom is 0.366 e. The number of aliphatic imine (C=N–C) groups is 1. The van der Waals surface area contributed by atoms with Gasteiger partial charge in [0.25, 0.3) is 0 Å². The van der Waals surface area contributed by atoms with Gasteiger partial charge in [-0.05, 0) is 47.9 Å². The summed E-state index contributed by atoms with van der Waals surface area (Å²) in [5, 5.41) is 25.0. The molecule has 0 unspecified atom stereocenters. The number of benzene rings is 3. The first-order chi connectivity index (χ1) is 13.4. The van der Waals surface area contributed by atoms with E-state index in [1.165, 1.54) is 6.07 Å². The molecule has 0 aliphatic carbocycles. The number of carbonyl (C=O) groups is 1. The van der Waals surface area contributed by atoms with Crippen molar-refractivity contribution >= 4 is 17.7 Å². The topological polar surface area (TPSA) is 96.4 Å². The van der Waals surface area contributed by atoms with Crippen molar-refractivity contribution in [1.82, 2.24) is 0 Å². The van der Waals surface area contributed by atoms with Crippen molar-refractivity contribution in [3.05, 3.63) is 94.8 Å². The van der Waals surface area contributed by atoms with Crippen LogP contribution in [0.15, 0.2) is 71.7 Å². The molecule has 0 spiro atoms. The van der Waals surface area contributed by atoms with E-state index >= 15 is 0 Å². The fourth-order valence-electron chi connectivity index (χ4n) is 2.83.